The Hall–Kier alpha value is -2.04. The maximum Gasteiger partial charge on any atom is 0.221 e. The molecule has 3 N–H and O–H groups in total. The first-order chi connectivity index (χ1) is 10.6. The van der Waals surface area contributed by atoms with Crippen molar-refractivity contribution in [1.82, 2.24) is 16.0 Å². The van der Waals surface area contributed by atoms with Gasteiger partial charge in [0.25, 0.3) is 0 Å². The minimum absolute atomic E-state index is 0.0660. The second-order valence-corrected chi connectivity index (χ2v) is 5.97. The van der Waals surface area contributed by atoms with Crippen LogP contribution in [-0.2, 0) is 11.3 Å². The van der Waals surface area contributed by atoms with Crippen LogP contribution in [0.1, 0.15) is 38.7 Å². The van der Waals surface area contributed by atoms with Crippen molar-refractivity contribution in [3.8, 4) is 0 Å². The Balaban J connectivity index is 1.79. The van der Waals surface area contributed by atoms with Crippen LogP contribution in [-0.4, -0.2) is 30.5 Å². The molecule has 120 valence electrons. The highest BCUT2D eigenvalue weighted by molar-refractivity contribution is 5.81. The van der Waals surface area contributed by atoms with E-state index in [1.54, 1.807) is 0 Å². The largest absolute Gasteiger partial charge is 0.356 e. The van der Waals surface area contributed by atoms with Crippen molar-refractivity contribution in [2.45, 2.75) is 51.7 Å². The molecule has 0 bridgehead atoms. The van der Waals surface area contributed by atoms with Crippen LogP contribution in [0.4, 0.5) is 0 Å². The number of carbonyl (C=O) groups excluding carboxylic acids is 1. The third-order valence-electron chi connectivity index (χ3n) is 3.27. The van der Waals surface area contributed by atoms with E-state index in [1.165, 1.54) is 18.4 Å². The summed E-state index contributed by atoms with van der Waals surface area (Å²) >= 11 is 0. The van der Waals surface area contributed by atoms with Crippen LogP contribution in [0.3, 0.4) is 0 Å². The number of aliphatic imine (C=N–C) groups is 1. The molecular formula is C17H26N4O. The lowest BCUT2D eigenvalue weighted by atomic mass is 10.2. The molecule has 5 heteroatoms. The van der Waals surface area contributed by atoms with Crippen LogP contribution in [0.25, 0.3) is 0 Å². The second-order valence-electron chi connectivity index (χ2n) is 5.97. The van der Waals surface area contributed by atoms with Gasteiger partial charge in [0.05, 0.1) is 6.54 Å². The van der Waals surface area contributed by atoms with Crippen molar-refractivity contribution in [1.29, 1.82) is 0 Å². The molecule has 1 aromatic carbocycles. The van der Waals surface area contributed by atoms with Crippen LogP contribution in [0.5, 0.6) is 0 Å². The Bertz CT molecular complexity index is 495. The summed E-state index contributed by atoms with van der Waals surface area (Å²) in [5.41, 5.74) is 1.18. The topological polar surface area (TPSA) is 65.5 Å². The van der Waals surface area contributed by atoms with Gasteiger partial charge in [-0.1, -0.05) is 30.3 Å². The molecule has 0 radical (unpaired) electrons. The summed E-state index contributed by atoms with van der Waals surface area (Å²) in [4.78, 5) is 16.2. The third-order valence-corrected chi connectivity index (χ3v) is 3.27. The van der Waals surface area contributed by atoms with Gasteiger partial charge in [0.15, 0.2) is 5.96 Å². The van der Waals surface area contributed by atoms with E-state index in [1.807, 2.05) is 32.0 Å². The summed E-state index contributed by atoms with van der Waals surface area (Å²) < 4.78 is 0. The fourth-order valence-corrected chi connectivity index (χ4v) is 2.02. The molecule has 1 saturated carbocycles. The molecule has 1 fully saturated rings. The maximum absolute atomic E-state index is 11.6. The van der Waals surface area contributed by atoms with Crippen molar-refractivity contribution in [3.63, 3.8) is 0 Å². The summed E-state index contributed by atoms with van der Waals surface area (Å²) in [7, 11) is 0. The van der Waals surface area contributed by atoms with E-state index in [9.17, 15) is 4.79 Å². The smallest absolute Gasteiger partial charge is 0.221 e. The third kappa shape index (κ3) is 6.61. The molecule has 1 aliphatic rings. The summed E-state index contributed by atoms with van der Waals surface area (Å²) in [5.74, 6) is 0.861. The minimum atomic E-state index is 0.0660. The van der Waals surface area contributed by atoms with Crippen LogP contribution in [0, 0.1) is 0 Å². The van der Waals surface area contributed by atoms with E-state index in [2.05, 4.69) is 33.1 Å². The predicted molar refractivity (Wildman–Crippen MR) is 89.6 cm³/mol. The number of guanidine groups is 1. The van der Waals surface area contributed by atoms with E-state index in [0.29, 0.717) is 25.6 Å². The first kappa shape index (κ1) is 16.3. The zero-order valence-corrected chi connectivity index (χ0v) is 13.4. The van der Waals surface area contributed by atoms with Gasteiger partial charge >= 0.3 is 0 Å². The normalized spacial score (nSPS) is 14.8. The molecule has 0 heterocycles. The van der Waals surface area contributed by atoms with Gasteiger partial charge in [-0.25, -0.2) is 4.99 Å². The number of amides is 1. The molecule has 1 aromatic rings. The molecule has 0 spiro atoms. The fourth-order valence-electron chi connectivity index (χ4n) is 2.02. The molecule has 0 aromatic heterocycles. The molecule has 2 rings (SSSR count). The van der Waals surface area contributed by atoms with E-state index >= 15 is 0 Å². The number of rotatable bonds is 7. The average Bonchev–Trinajstić information content (AvgIpc) is 3.29. The van der Waals surface area contributed by atoms with Crippen molar-refractivity contribution >= 4 is 11.9 Å². The number of hydrogen-bond donors (Lipinski definition) is 3. The Morgan fingerprint density at radius 1 is 1.27 bits per heavy atom. The van der Waals surface area contributed by atoms with E-state index in [-0.39, 0.29) is 11.9 Å². The van der Waals surface area contributed by atoms with Crippen LogP contribution < -0.4 is 16.0 Å². The first-order valence-corrected chi connectivity index (χ1v) is 8.01. The van der Waals surface area contributed by atoms with Gasteiger partial charge in [-0.3, -0.25) is 4.79 Å². The van der Waals surface area contributed by atoms with Gasteiger partial charge in [0.1, 0.15) is 0 Å². The Kier molecular flexibility index (Phi) is 6.25. The Morgan fingerprint density at radius 3 is 2.64 bits per heavy atom. The molecule has 1 amide bonds. The quantitative estimate of drug-likeness (QED) is 0.531. The zero-order chi connectivity index (χ0) is 15.8. The monoisotopic (exact) mass is 302 g/mol. The molecule has 0 unspecified atom stereocenters. The number of nitrogens with zero attached hydrogens (tertiary/aromatic N) is 1. The molecular weight excluding hydrogens is 276 g/mol. The molecule has 0 atom stereocenters. The molecule has 22 heavy (non-hydrogen) atoms. The van der Waals surface area contributed by atoms with Gasteiger partial charge in [-0.05, 0) is 32.3 Å². The Morgan fingerprint density at radius 2 is 2.00 bits per heavy atom. The highest BCUT2D eigenvalue weighted by Gasteiger charge is 2.22. The van der Waals surface area contributed by atoms with Crippen LogP contribution in [0.2, 0.25) is 0 Å². The summed E-state index contributed by atoms with van der Waals surface area (Å²) in [6.45, 7) is 5.16. The lowest BCUT2D eigenvalue weighted by molar-refractivity contribution is -0.121. The second kappa shape index (κ2) is 8.41. The Labute approximate surface area is 132 Å². The van der Waals surface area contributed by atoms with Gasteiger partial charge in [0.2, 0.25) is 5.91 Å². The molecule has 0 aliphatic heterocycles. The summed E-state index contributed by atoms with van der Waals surface area (Å²) in [5, 5.41) is 9.51. The molecule has 1 aliphatic carbocycles. The number of hydrogen-bond acceptors (Lipinski definition) is 2. The lowest BCUT2D eigenvalue weighted by Crippen LogP contribution is -2.41. The van der Waals surface area contributed by atoms with Gasteiger partial charge in [0, 0.05) is 25.0 Å². The number of benzene rings is 1. The van der Waals surface area contributed by atoms with Crippen molar-refractivity contribution in [2.24, 2.45) is 4.99 Å². The van der Waals surface area contributed by atoms with Gasteiger partial charge < -0.3 is 16.0 Å². The molecule has 0 saturated heterocycles. The lowest BCUT2D eigenvalue weighted by Gasteiger charge is -2.13. The summed E-state index contributed by atoms with van der Waals surface area (Å²) in [6, 6.07) is 10.9. The minimum Gasteiger partial charge on any atom is -0.356 e. The van der Waals surface area contributed by atoms with E-state index in [0.717, 1.165) is 5.96 Å². The van der Waals surface area contributed by atoms with Crippen LogP contribution in [0.15, 0.2) is 35.3 Å². The standard InChI is InChI=1S/C17H26N4O/c1-13(2)20-16(22)10-11-18-17(21-15-8-9-15)19-12-14-6-4-3-5-7-14/h3-7,13,15H,8-12H2,1-2H3,(H,20,22)(H2,18,19,21). The maximum atomic E-state index is 11.6. The van der Waals surface area contributed by atoms with Crippen molar-refractivity contribution in [3.05, 3.63) is 35.9 Å². The first-order valence-electron chi connectivity index (χ1n) is 8.01. The number of carbonyl (C=O) groups is 1. The van der Waals surface area contributed by atoms with E-state index < -0.39 is 0 Å². The summed E-state index contributed by atoms with van der Waals surface area (Å²) in [6.07, 6.45) is 2.84. The van der Waals surface area contributed by atoms with Crippen molar-refractivity contribution < 1.29 is 4.79 Å². The fraction of sp³-hybridized carbons (Fsp3) is 0.529. The van der Waals surface area contributed by atoms with E-state index in [4.69, 9.17) is 0 Å². The SMILES string of the molecule is CC(C)NC(=O)CCNC(=NCc1ccccc1)NC1CC1. The van der Waals surface area contributed by atoms with Crippen LogP contribution >= 0.6 is 0 Å². The highest BCUT2D eigenvalue weighted by atomic mass is 16.1. The molecule has 5 nitrogen and oxygen atoms in total. The predicted octanol–water partition coefficient (Wildman–Crippen LogP) is 1.80. The van der Waals surface area contributed by atoms with Gasteiger partial charge in [-0.15, -0.1) is 0 Å². The average molecular weight is 302 g/mol. The highest BCUT2D eigenvalue weighted by Crippen LogP contribution is 2.18. The van der Waals surface area contributed by atoms with Crippen molar-refractivity contribution in [2.75, 3.05) is 6.54 Å². The van der Waals surface area contributed by atoms with Gasteiger partial charge in [-0.2, -0.15) is 0 Å². The number of nitrogens with one attached hydrogen (secondary N) is 3. The zero-order valence-electron chi connectivity index (χ0n) is 13.4.